The number of hydrogen-bond acceptors (Lipinski definition) is 6. The van der Waals surface area contributed by atoms with E-state index in [9.17, 15) is 9.59 Å². The summed E-state index contributed by atoms with van der Waals surface area (Å²) in [6.45, 7) is 6.63. The summed E-state index contributed by atoms with van der Waals surface area (Å²) in [4.78, 5) is 32.2. The average Bonchev–Trinajstić information content (AvgIpc) is 2.96. The van der Waals surface area contributed by atoms with Crippen molar-refractivity contribution in [3.8, 4) is 11.1 Å². The number of methoxy groups -OCH3 is 1. The van der Waals surface area contributed by atoms with E-state index >= 15 is 0 Å². The number of aryl methyl sites for hydroxylation is 1. The van der Waals surface area contributed by atoms with Crippen molar-refractivity contribution in [3.63, 3.8) is 0 Å². The highest BCUT2D eigenvalue weighted by atomic mass is 32.2. The molecule has 2 aromatic rings. The van der Waals surface area contributed by atoms with Crippen LogP contribution in [0.4, 0.5) is 0 Å². The number of benzene rings is 2. The second kappa shape index (κ2) is 16.7. The number of ether oxygens (including phenoxy) is 1. The SMILES string of the molecule is CCCCN(CC1CCCCC1)OCc1ccc(C(=O)NC(CCSC)C(=O)OC)c(-c2ccccc2C)c1. The van der Waals surface area contributed by atoms with Gasteiger partial charge in [0.2, 0.25) is 0 Å². The molecule has 0 bridgehead atoms. The molecule has 214 valence electrons. The average molecular weight is 555 g/mol. The highest BCUT2D eigenvalue weighted by molar-refractivity contribution is 7.98. The number of rotatable bonds is 15. The van der Waals surface area contributed by atoms with Crippen molar-refractivity contribution >= 4 is 23.6 Å². The Morgan fingerprint density at radius 1 is 1.10 bits per heavy atom. The van der Waals surface area contributed by atoms with E-state index in [0.717, 1.165) is 53.9 Å². The van der Waals surface area contributed by atoms with Crippen LogP contribution in [0, 0.1) is 12.8 Å². The predicted octanol–water partition coefficient (Wildman–Crippen LogP) is 6.80. The first-order valence-corrected chi connectivity index (χ1v) is 15.8. The minimum atomic E-state index is -0.686. The van der Waals surface area contributed by atoms with Crippen LogP contribution < -0.4 is 5.32 Å². The Hall–Kier alpha value is -2.35. The molecule has 1 atom stereocenters. The summed E-state index contributed by atoms with van der Waals surface area (Å²) in [7, 11) is 1.35. The van der Waals surface area contributed by atoms with Crippen molar-refractivity contribution in [3.05, 3.63) is 59.2 Å². The Morgan fingerprint density at radius 2 is 1.87 bits per heavy atom. The highest BCUT2D eigenvalue weighted by Crippen LogP contribution is 2.29. The minimum Gasteiger partial charge on any atom is -0.467 e. The second-order valence-electron chi connectivity index (χ2n) is 10.5. The van der Waals surface area contributed by atoms with Gasteiger partial charge in [0.15, 0.2) is 0 Å². The van der Waals surface area contributed by atoms with E-state index in [1.54, 1.807) is 11.8 Å². The van der Waals surface area contributed by atoms with Gasteiger partial charge in [-0.05, 0) is 84.9 Å². The van der Waals surface area contributed by atoms with Crippen molar-refractivity contribution in [1.82, 2.24) is 10.4 Å². The summed E-state index contributed by atoms with van der Waals surface area (Å²) in [5, 5.41) is 5.09. The summed E-state index contributed by atoms with van der Waals surface area (Å²) in [6.07, 6.45) is 11.3. The fraction of sp³-hybridized carbons (Fsp3) is 0.562. The zero-order chi connectivity index (χ0) is 28.0. The maximum absolute atomic E-state index is 13.5. The van der Waals surface area contributed by atoms with Crippen LogP contribution in [-0.4, -0.2) is 55.2 Å². The molecule has 3 rings (SSSR count). The smallest absolute Gasteiger partial charge is 0.328 e. The van der Waals surface area contributed by atoms with E-state index in [2.05, 4.69) is 23.4 Å². The van der Waals surface area contributed by atoms with Gasteiger partial charge in [-0.25, -0.2) is 4.79 Å². The van der Waals surface area contributed by atoms with Crippen LogP contribution in [-0.2, 0) is 21.0 Å². The quantitative estimate of drug-likeness (QED) is 0.193. The summed E-state index contributed by atoms with van der Waals surface area (Å²) in [6, 6.07) is 13.3. The fourth-order valence-corrected chi connectivity index (χ4v) is 5.68. The maximum atomic E-state index is 13.5. The van der Waals surface area contributed by atoms with Crippen LogP contribution in [0.15, 0.2) is 42.5 Å². The van der Waals surface area contributed by atoms with Crippen LogP contribution >= 0.6 is 11.8 Å². The zero-order valence-electron chi connectivity index (χ0n) is 24.2. The molecule has 0 spiro atoms. The molecular weight excluding hydrogens is 508 g/mol. The number of esters is 1. The number of carbonyl (C=O) groups is 2. The number of thioether (sulfide) groups is 1. The molecule has 6 nitrogen and oxygen atoms in total. The molecular formula is C32H46N2O4S. The summed E-state index contributed by atoms with van der Waals surface area (Å²) >= 11 is 1.63. The number of nitrogens with one attached hydrogen (secondary N) is 1. The van der Waals surface area contributed by atoms with E-state index in [4.69, 9.17) is 9.57 Å². The molecule has 0 radical (unpaired) electrons. The largest absolute Gasteiger partial charge is 0.467 e. The Bertz CT molecular complexity index is 1050. The van der Waals surface area contributed by atoms with Gasteiger partial charge in [0.1, 0.15) is 6.04 Å². The molecule has 0 aromatic heterocycles. The lowest BCUT2D eigenvalue weighted by Crippen LogP contribution is -2.42. The molecule has 39 heavy (non-hydrogen) atoms. The van der Waals surface area contributed by atoms with E-state index < -0.39 is 12.0 Å². The number of carbonyl (C=O) groups excluding carboxylic acids is 2. The van der Waals surface area contributed by atoms with E-state index in [0.29, 0.717) is 24.5 Å². The topological polar surface area (TPSA) is 67.9 Å². The maximum Gasteiger partial charge on any atom is 0.328 e. The molecule has 0 heterocycles. The van der Waals surface area contributed by atoms with E-state index in [1.165, 1.54) is 39.2 Å². The van der Waals surface area contributed by atoms with Gasteiger partial charge >= 0.3 is 5.97 Å². The van der Waals surface area contributed by atoms with Gasteiger partial charge in [-0.1, -0.05) is 62.9 Å². The molecule has 0 aliphatic heterocycles. The molecule has 2 aromatic carbocycles. The van der Waals surface area contributed by atoms with E-state index in [-0.39, 0.29) is 5.91 Å². The number of nitrogens with zero attached hydrogens (tertiary/aromatic N) is 1. The third kappa shape index (κ3) is 9.66. The lowest BCUT2D eigenvalue weighted by atomic mass is 9.89. The lowest BCUT2D eigenvalue weighted by Gasteiger charge is -2.29. The predicted molar refractivity (Wildman–Crippen MR) is 161 cm³/mol. The molecule has 0 saturated heterocycles. The zero-order valence-corrected chi connectivity index (χ0v) is 25.0. The van der Waals surface area contributed by atoms with Gasteiger partial charge in [0.05, 0.1) is 13.7 Å². The summed E-state index contributed by atoms with van der Waals surface area (Å²) in [5.74, 6) is 0.748. The molecule has 7 heteroatoms. The first-order chi connectivity index (χ1) is 19.0. The lowest BCUT2D eigenvalue weighted by molar-refractivity contribution is -0.178. The summed E-state index contributed by atoms with van der Waals surface area (Å²) < 4.78 is 4.95. The molecule has 1 N–H and O–H groups in total. The van der Waals surface area contributed by atoms with Gasteiger partial charge in [-0.2, -0.15) is 16.8 Å². The van der Waals surface area contributed by atoms with Crippen molar-refractivity contribution < 1.29 is 19.2 Å². The molecule has 1 aliphatic rings. The minimum absolute atomic E-state index is 0.279. The molecule has 1 saturated carbocycles. The Labute approximate surface area is 239 Å². The Kier molecular flexibility index (Phi) is 13.3. The van der Waals surface area contributed by atoms with Crippen LogP contribution in [0.25, 0.3) is 11.1 Å². The Balaban J connectivity index is 1.83. The second-order valence-corrected chi connectivity index (χ2v) is 11.5. The Morgan fingerprint density at radius 3 is 2.56 bits per heavy atom. The van der Waals surface area contributed by atoms with Crippen molar-refractivity contribution in [2.75, 3.05) is 32.2 Å². The van der Waals surface area contributed by atoms with Gasteiger partial charge in [-0.15, -0.1) is 0 Å². The van der Waals surface area contributed by atoms with Crippen molar-refractivity contribution in [2.45, 2.75) is 77.9 Å². The monoisotopic (exact) mass is 554 g/mol. The van der Waals surface area contributed by atoms with Crippen LogP contribution in [0.5, 0.6) is 0 Å². The number of hydrogen-bond donors (Lipinski definition) is 1. The number of amides is 1. The molecule has 1 amide bonds. The van der Waals surface area contributed by atoms with Crippen molar-refractivity contribution in [1.29, 1.82) is 0 Å². The van der Waals surface area contributed by atoms with Crippen molar-refractivity contribution in [2.24, 2.45) is 5.92 Å². The molecule has 1 aliphatic carbocycles. The van der Waals surface area contributed by atoms with Gasteiger partial charge in [-0.3, -0.25) is 9.63 Å². The third-order valence-electron chi connectivity index (χ3n) is 7.53. The first kappa shape index (κ1) is 31.2. The standard InChI is InChI=1S/C32H46N2O4S/c1-5-6-19-34(22-25-13-8-7-9-14-25)38-23-26-16-17-28(29(21-26)27-15-11-10-12-24(27)2)31(35)33-30(18-20-39-4)32(36)37-3/h10-12,15-17,21,25,30H,5-9,13-14,18-20,22-23H2,1-4H3,(H,33,35). The van der Waals surface area contributed by atoms with Gasteiger partial charge < -0.3 is 10.1 Å². The normalized spacial score (nSPS) is 14.8. The number of unbranched alkanes of at least 4 members (excludes halogenated alkanes) is 1. The van der Waals surface area contributed by atoms with Crippen LogP contribution in [0.2, 0.25) is 0 Å². The fourth-order valence-electron chi connectivity index (χ4n) is 5.21. The van der Waals surface area contributed by atoms with Crippen LogP contribution in [0.1, 0.15) is 79.8 Å². The van der Waals surface area contributed by atoms with Gasteiger partial charge in [0.25, 0.3) is 5.91 Å². The highest BCUT2D eigenvalue weighted by Gasteiger charge is 2.24. The third-order valence-corrected chi connectivity index (χ3v) is 8.17. The summed E-state index contributed by atoms with van der Waals surface area (Å²) in [5.41, 5.74) is 4.47. The molecule has 1 fully saturated rings. The van der Waals surface area contributed by atoms with E-state index in [1.807, 2.05) is 49.6 Å². The number of hydroxylamine groups is 2. The first-order valence-electron chi connectivity index (χ1n) is 14.4. The van der Waals surface area contributed by atoms with Gasteiger partial charge in [0, 0.05) is 18.7 Å². The molecule has 1 unspecified atom stereocenters. The van der Waals surface area contributed by atoms with Crippen LogP contribution in [0.3, 0.4) is 0 Å².